The fraction of sp³-hybridized carbons (Fsp3) is 0.375. The summed E-state index contributed by atoms with van der Waals surface area (Å²) in [4.78, 5) is 20.6. The summed E-state index contributed by atoms with van der Waals surface area (Å²) in [6.45, 7) is 6.41. The van der Waals surface area contributed by atoms with Gasteiger partial charge in [-0.2, -0.15) is 4.98 Å². The standard InChI is InChI=1S/C16H19BrN6O2/c1-16(2,3)14-20-11(22-25-14)6-7-18-15(24)21-12-9-23-8-10(17)4-5-13(23)19-12/h4-5,8-9H,6-7H2,1-3H3,(H2,18,21,24). The van der Waals surface area contributed by atoms with Crippen molar-refractivity contribution in [2.45, 2.75) is 32.6 Å². The van der Waals surface area contributed by atoms with Crippen molar-refractivity contribution < 1.29 is 9.32 Å². The third-order valence-electron chi connectivity index (χ3n) is 3.40. The summed E-state index contributed by atoms with van der Waals surface area (Å²) >= 11 is 3.39. The van der Waals surface area contributed by atoms with Crippen LogP contribution < -0.4 is 10.6 Å². The van der Waals surface area contributed by atoms with Gasteiger partial charge in [0.15, 0.2) is 11.6 Å². The van der Waals surface area contributed by atoms with Gasteiger partial charge in [-0.25, -0.2) is 9.78 Å². The highest BCUT2D eigenvalue weighted by molar-refractivity contribution is 9.10. The van der Waals surface area contributed by atoms with Gasteiger partial charge in [0, 0.05) is 29.1 Å². The molecule has 8 nitrogen and oxygen atoms in total. The van der Waals surface area contributed by atoms with Crippen LogP contribution in [0.25, 0.3) is 5.65 Å². The van der Waals surface area contributed by atoms with Crippen LogP contribution in [0.5, 0.6) is 0 Å². The van der Waals surface area contributed by atoms with Crippen LogP contribution >= 0.6 is 15.9 Å². The van der Waals surface area contributed by atoms with Gasteiger partial charge in [-0.3, -0.25) is 5.32 Å². The molecule has 3 rings (SSSR count). The zero-order valence-corrected chi connectivity index (χ0v) is 15.8. The van der Waals surface area contributed by atoms with Gasteiger partial charge in [0.1, 0.15) is 5.65 Å². The van der Waals surface area contributed by atoms with E-state index in [2.05, 4.69) is 41.7 Å². The van der Waals surface area contributed by atoms with Gasteiger partial charge in [0.25, 0.3) is 0 Å². The molecule has 9 heteroatoms. The van der Waals surface area contributed by atoms with Crippen LogP contribution in [0.4, 0.5) is 10.6 Å². The summed E-state index contributed by atoms with van der Waals surface area (Å²) in [7, 11) is 0. The zero-order valence-electron chi connectivity index (χ0n) is 14.2. The molecule has 25 heavy (non-hydrogen) atoms. The maximum absolute atomic E-state index is 12.0. The van der Waals surface area contributed by atoms with Crippen molar-refractivity contribution in [1.29, 1.82) is 0 Å². The number of pyridine rings is 1. The largest absolute Gasteiger partial charge is 0.339 e. The van der Waals surface area contributed by atoms with E-state index in [0.717, 1.165) is 10.1 Å². The van der Waals surface area contributed by atoms with Gasteiger partial charge in [-0.1, -0.05) is 25.9 Å². The number of imidazole rings is 1. The number of hydrogen-bond acceptors (Lipinski definition) is 5. The lowest BCUT2D eigenvalue weighted by Gasteiger charge is -2.10. The summed E-state index contributed by atoms with van der Waals surface area (Å²) in [5, 5.41) is 9.38. The summed E-state index contributed by atoms with van der Waals surface area (Å²) in [6, 6.07) is 3.42. The number of nitrogens with one attached hydrogen (secondary N) is 2. The first-order valence-electron chi connectivity index (χ1n) is 7.83. The molecule has 0 aliphatic heterocycles. The number of halogens is 1. The molecule has 3 aromatic heterocycles. The minimum absolute atomic E-state index is 0.186. The SMILES string of the molecule is CC(C)(C)c1nc(CCNC(=O)Nc2cn3cc(Br)ccc3n2)no1. The molecule has 0 aromatic carbocycles. The molecule has 0 saturated heterocycles. The fourth-order valence-corrected chi connectivity index (χ4v) is 2.49. The van der Waals surface area contributed by atoms with E-state index in [1.807, 2.05) is 43.5 Å². The Kier molecular flexibility index (Phi) is 4.76. The summed E-state index contributed by atoms with van der Waals surface area (Å²) < 4.78 is 7.98. The maximum atomic E-state index is 12.0. The van der Waals surface area contributed by atoms with Gasteiger partial charge in [-0.15, -0.1) is 0 Å². The Bertz CT molecular complexity index is 896. The summed E-state index contributed by atoms with van der Waals surface area (Å²) in [5.74, 6) is 1.63. The van der Waals surface area contributed by atoms with E-state index in [9.17, 15) is 4.79 Å². The van der Waals surface area contributed by atoms with Crippen LogP contribution in [0.3, 0.4) is 0 Å². The second kappa shape index (κ2) is 6.83. The molecule has 0 bridgehead atoms. The minimum Gasteiger partial charge on any atom is -0.339 e. The van der Waals surface area contributed by atoms with E-state index in [1.165, 1.54) is 0 Å². The van der Waals surface area contributed by atoms with E-state index < -0.39 is 0 Å². The molecule has 3 heterocycles. The van der Waals surface area contributed by atoms with Crippen molar-refractivity contribution in [2.24, 2.45) is 0 Å². The predicted molar refractivity (Wildman–Crippen MR) is 96.6 cm³/mol. The molecule has 0 aliphatic rings. The topological polar surface area (TPSA) is 97.4 Å². The number of amides is 2. The number of fused-ring (bicyclic) bond motifs is 1. The molecule has 0 atom stereocenters. The smallest absolute Gasteiger partial charge is 0.320 e. The highest BCUT2D eigenvalue weighted by Crippen LogP contribution is 2.19. The van der Waals surface area contributed by atoms with Gasteiger partial charge < -0.3 is 14.2 Å². The number of hydrogen-bond donors (Lipinski definition) is 2. The Hall–Kier alpha value is -2.42. The number of anilines is 1. The number of urea groups is 1. The number of nitrogens with zero attached hydrogens (tertiary/aromatic N) is 4. The molecular formula is C16H19BrN6O2. The molecule has 3 aromatic rings. The van der Waals surface area contributed by atoms with Crippen molar-refractivity contribution in [3.8, 4) is 0 Å². The lowest BCUT2D eigenvalue weighted by Crippen LogP contribution is -2.30. The second-order valence-corrected chi connectivity index (χ2v) is 7.55. The van der Waals surface area contributed by atoms with Gasteiger partial charge in [0.2, 0.25) is 5.89 Å². The van der Waals surface area contributed by atoms with Gasteiger partial charge in [-0.05, 0) is 28.1 Å². The highest BCUT2D eigenvalue weighted by Gasteiger charge is 2.21. The second-order valence-electron chi connectivity index (χ2n) is 6.64. The highest BCUT2D eigenvalue weighted by atomic mass is 79.9. The lowest BCUT2D eigenvalue weighted by molar-refractivity contribution is 0.252. The molecular weight excluding hydrogens is 388 g/mol. The average molecular weight is 407 g/mol. The Morgan fingerprint density at radius 2 is 2.08 bits per heavy atom. The third-order valence-corrected chi connectivity index (χ3v) is 3.87. The molecule has 0 saturated carbocycles. The number of aromatic nitrogens is 4. The molecule has 0 aliphatic carbocycles. The van der Waals surface area contributed by atoms with Crippen molar-refractivity contribution in [2.75, 3.05) is 11.9 Å². The van der Waals surface area contributed by atoms with E-state index in [-0.39, 0.29) is 11.4 Å². The van der Waals surface area contributed by atoms with Gasteiger partial charge in [0.05, 0.1) is 6.20 Å². The predicted octanol–water partition coefficient (Wildman–Crippen LogP) is 3.14. The third kappa shape index (κ3) is 4.36. The Morgan fingerprint density at radius 1 is 1.28 bits per heavy atom. The summed E-state index contributed by atoms with van der Waals surface area (Å²) in [5.41, 5.74) is 0.564. The Morgan fingerprint density at radius 3 is 2.80 bits per heavy atom. The van der Waals surface area contributed by atoms with E-state index >= 15 is 0 Å². The zero-order chi connectivity index (χ0) is 18.0. The first-order valence-corrected chi connectivity index (χ1v) is 8.63. The fourth-order valence-electron chi connectivity index (χ4n) is 2.13. The van der Waals surface area contributed by atoms with Crippen LogP contribution in [0.15, 0.2) is 33.5 Å². The van der Waals surface area contributed by atoms with Crippen LogP contribution in [-0.4, -0.2) is 32.1 Å². The van der Waals surface area contributed by atoms with Crippen LogP contribution in [0, 0.1) is 0 Å². The van der Waals surface area contributed by atoms with Crippen LogP contribution in [0.1, 0.15) is 32.5 Å². The van der Waals surface area contributed by atoms with E-state index in [1.54, 1.807) is 6.20 Å². The average Bonchev–Trinajstić information content (AvgIpc) is 3.12. The summed E-state index contributed by atoms with van der Waals surface area (Å²) in [6.07, 6.45) is 4.11. The van der Waals surface area contributed by atoms with E-state index in [4.69, 9.17) is 4.52 Å². The number of rotatable bonds is 4. The van der Waals surface area contributed by atoms with Crippen LogP contribution in [0.2, 0.25) is 0 Å². The van der Waals surface area contributed by atoms with Crippen molar-refractivity contribution in [3.05, 3.63) is 40.7 Å². The van der Waals surface area contributed by atoms with E-state index in [0.29, 0.717) is 30.5 Å². The maximum Gasteiger partial charge on any atom is 0.320 e. The molecule has 0 spiro atoms. The normalized spacial score (nSPS) is 11.7. The quantitative estimate of drug-likeness (QED) is 0.693. The Balaban J connectivity index is 1.51. The molecule has 132 valence electrons. The van der Waals surface area contributed by atoms with Gasteiger partial charge >= 0.3 is 6.03 Å². The molecule has 0 radical (unpaired) electrons. The molecule has 0 unspecified atom stereocenters. The molecule has 0 fully saturated rings. The first kappa shape index (κ1) is 17.4. The number of carbonyl (C=O) groups excluding carboxylic acids is 1. The Labute approximate surface area is 153 Å². The first-order chi connectivity index (χ1) is 11.8. The monoisotopic (exact) mass is 406 g/mol. The minimum atomic E-state index is -0.331. The van der Waals surface area contributed by atoms with Crippen molar-refractivity contribution in [3.63, 3.8) is 0 Å². The molecule has 2 N–H and O–H groups in total. The molecule has 2 amide bonds. The number of carbonyl (C=O) groups is 1. The lowest BCUT2D eigenvalue weighted by atomic mass is 9.97. The van der Waals surface area contributed by atoms with Crippen molar-refractivity contribution >= 4 is 33.4 Å². The van der Waals surface area contributed by atoms with Crippen molar-refractivity contribution in [1.82, 2.24) is 24.8 Å². The van der Waals surface area contributed by atoms with Crippen LogP contribution in [-0.2, 0) is 11.8 Å².